The third kappa shape index (κ3) is 5.14. The van der Waals surface area contributed by atoms with Crippen molar-refractivity contribution in [3.8, 4) is 11.4 Å². The van der Waals surface area contributed by atoms with Crippen molar-refractivity contribution < 1.29 is 14.0 Å². The van der Waals surface area contributed by atoms with Gasteiger partial charge in [-0.25, -0.2) is 4.39 Å². The molecule has 0 aliphatic carbocycles. The van der Waals surface area contributed by atoms with E-state index in [0.717, 1.165) is 0 Å². The molecule has 3 rings (SSSR count). The van der Waals surface area contributed by atoms with E-state index >= 15 is 0 Å². The summed E-state index contributed by atoms with van der Waals surface area (Å²) in [5, 5.41) is 9.03. The van der Waals surface area contributed by atoms with Crippen molar-refractivity contribution in [1.82, 2.24) is 24.6 Å². The van der Waals surface area contributed by atoms with E-state index in [0.29, 0.717) is 55.2 Å². The second kappa shape index (κ2) is 9.39. The smallest absolute Gasteiger partial charge is 0.233 e. The van der Waals surface area contributed by atoms with Gasteiger partial charge in [-0.05, 0) is 18.1 Å². The van der Waals surface area contributed by atoms with Crippen molar-refractivity contribution in [3.05, 3.63) is 30.1 Å². The van der Waals surface area contributed by atoms with Gasteiger partial charge in [0.2, 0.25) is 11.8 Å². The van der Waals surface area contributed by atoms with E-state index in [-0.39, 0.29) is 23.4 Å². The number of nitrogens with zero attached hydrogens (tertiary/aromatic N) is 5. The van der Waals surface area contributed by atoms with Gasteiger partial charge in [-0.3, -0.25) is 9.59 Å². The molecule has 7 nitrogen and oxygen atoms in total. The van der Waals surface area contributed by atoms with Gasteiger partial charge in [-0.1, -0.05) is 37.7 Å². The highest BCUT2D eigenvalue weighted by atomic mass is 32.2. The van der Waals surface area contributed by atoms with E-state index in [2.05, 4.69) is 24.0 Å². The molecule has 1 aromatic carbocycles. The largest absolute Gasteiger partial charge is 0.339 e. The molecule has 156 valence electrons. The monoisotopic (exact) mass is 419 g/mol. The van der Waals surface area contributed by atoms with Crippen LogP contribution in [0.1, 0.15) is 20.8 Å². The molecule has 29 heavy (non-hydrogen) atoms. The van der Waals surface area contributed by atoms with Gasteiger partial charge in [0.1, 0.15) is 5.82 Å². The molecule has 2 amide bonds. The Morgan fingerprint density at radius 3 is 2.38 bits per heavy atom. The lowest BCUT2D eigenvalue weighted by Gasteiger charge is -2.34. The Bertz CT molecular complexity index is 878. The standard InChI is InChI=1S/C20H26FN5O2S/c1-14(2)12-26-19(16-6-4-5-7-17(16)21)22-23-20(26)29-13-18(28)25-10-8-24(9-11-25)15(3)27/h4-7,14H,8-13H2,1-3H3. The van der Waals surface area contributed by atoms with E-state index < -0.39 is 0 Å². The lowest BCUT2D eigenvalue weighted by Crippen LogP contribution is -2.50. The topological polar surface area (TPSA) is 71.3 Å². The minimum Gasteiger partial charge on any atom is -0.339 e. The number of rotatable bonds is 6. The summed E-state index contributed by atoms with van der Waals surface area (Å²) in [6.45, 7) is 8.51. The fraction of sp³-hybridized carbons (Fsp3) is 0.500. The summed E-state index contributed by atoms with van der Waals surface area (Å²) in [5.41, 5.74) is 0.402. The molecule has 1 aliphatic heterocycles. The molecule has 2 heterocycles. The number of thioether (sulfide) groups is 1. The molecule has 0 radical (unpaired) electrons. The summed E-state index contributed by atoms with van der Waals surface area (Å²) in [7, 11) is 0. The summed E-state index contributed by atoms with van der Waals surface area (Å²) in [4.78, 5) is 27.5. The van der Waals surface area contributed by atoms with Crippen molar-refractivity contribution >= 4 is 23.6 Å². The minimum atomic E-state index is -0.346. The third-order valence-corrected chi connectivity index (χ3v) is 5.73. The van der Waals surface area contributed by atoms with Gasteiger partial charge in [0.15, 0.2) is 11.0 Å². The fourth-order valence-electron chi connectivity index (χ4n) is 3.26. The number of amides is 2. The summed E-state index contributed by atoms with van der Waals surface area (Å²) >= 11 is 1.31. The normalized spacial score (nSPS) is 14.5. The highest BCUT2D eigenvalue weighted by molar-refractivity contribution is 7.99. The Balaban J connectivity index is 1.70. The van der Waals surface area contributed by atoms with Crippen LogP contribution in [0.15, 0.2) is 29.4 Å². The average Bonchev–Trinajstić information content (AvgIpc) is 3.08. The van der Waals surface area contributed by atoms with E-state index in [4.69, 9.17) is 0 Å². The van der Waals surface area contributed by atoms with Gasteiger partial charge in [0.05, 0.1) is 11.3 Å². The summed E-state index contributed by atoms with van der Waals surface area (Å²) in [6, 6.07) is 6.50. The van der Waals surface area contributed by atoms with Gasteiger partial charge in [-0.15, -0.1) is 10.2 Å². The van der Waals surface area contributed by atoms with E-state index in [1.54, 1.807) is 34.9 Å². The molecule has 1 aromatic heterocycles. The van der Waals surface area contributed by atoms with Gasteiger partial charge in [-0.2, -0.15) is 0 Å². The maximum absolute atomic E-state index is 14.3. The van der Waals surface area contributed by atoms with Crippen LogP contribution in [0, 0.1) is 11.7 Å². The highest BCUT2D eigenvalue weighted by Gasteiger charge is 2.24. The molecule has 1 aliphatic rings. The maximum atomic E-state index is 14.3. The van der Waals surface area contributed by atoms with E-state index in [1.165, 1.54) is 17.8 Å². The first kappa shape index (κ1) is 21.3. The number of aromatic nitrogens is 3. The number of piperazine rings is 1. The molecular weight excluding hydrogens is 393 g/mol. The zero-order valence-corrected chi connectivity index (χ0v) is 17.8. The summed E-state index contributed by atoms with van der Waals surface area (Å²) in [5.74, 6) is 0.709. The molecule has 0 N–H and O–H groups in total. The number of halogens is 1. The van der Waals surface area contributed by atoms with Crippen molar-refractivity contribution in [2.45, 2.75) is 32.5 Å². The van der Waals surface area contributed by atoms with E-state index in [1.807, 2.05) is 4.57 Å². The number of carbonyl (C=O) groups excluding carboxylic acids is 2. The SMILES string of the molecule is CC(=O)N1CCN(C(=O)CSc2nnc(-c3ccccc3F)n2CC(C)C)CC1. The molecule has 0 atom stereocenters. The molecule has 0 unspecified atom stereocenters. The van der Waals surface area contributed by atoms with Crippen molar-refractivity contribution in [2.75, 3.05) is 31.9 Å². The summed E-state index contributed by atoms with van der Waals surface area (Å²) in [6.07, 6.45) is 0. The van der Waals surface area contributed by atoms with Crippen LogP contribution in [-0.4, -0.2) is 68.3 Å². The average molecular weight is 420 g/mol. The molecule has 0 spiro atoms. The molecule has 9 heteroatoms. The second-order valence-corrected chi connectivity index (χ2v) is 8.41. The zero-order chi connectivity index (χ0) is 21.0. The second-order valence-electron chi connectivity index (χ2n) is 7.47. The van der Waals surface area contributed by atoms with Crippen molar-refractivity contribution in [1.29, 1.82) is 0 Å². The fourth-order valence-corrected chi connectivity index (χ4v) is 4.11. The molecule has 1 saturated heterocycles. The first-order valence-corrected chi connectivity index (χ1v) is 10.7. The number of hydrogen-bond donors (Lipinski definition) is 0. The van der Waals surface area contributed by atoms with Crippen LogP contribution in [0.4, 0.5) is 4.39 Å². The number of carbonyl (C=O) groups is 2. The quantitative estimate of drug-likeness (QED) is 0.673. The van der Waals surface area contributed by atoms with Gasteiger partial charge >= 0.3 is 0 Å². The Hall–Kier alpha value is -2.42. The predicted molar refractivity (Wildman–Crippen MR) is 110 cm³/mol. The zero-order valence-electron chi connectivity index (χ0n) is 17.0. The number of benzene rings is 1. The van der Waals surface area contributed by atoms with Crippen LogP contribution < -0.4 is 0 Å². The van der Waals surface area contributed by atoms with Crippen LogP contribution in [0.2, 0.25) is 0 Å². The lowest BCUT2D eigenvalue weighted by atomic mass is 10.2. The Labute approximate surface area is 174 Å². The lowest BCUT2D eigenvalue weighted by molar-refractivity contribution is -0.136. The van der Waals surface area contributed by atoms with Crippen LogP contribution in [0.3, 0.4) is 0 Å². The molecule has 1 fully saturated rings. The van der Waals surface area contributed by atoms with Gasteiger partial charge in [0, 0.05) is 39.6 Å². The van der Waals surface area contributed by atoms with Gasteiger partial charge < -0.3 is 14.4 Å². The van der Waals surface area contributed by atoms with Crippen molar-refractivity contribution in [2.24, 2.45) is 5.92 Å². The van der Waals surface area contributed by atoms with Crippen LogP contribution >= 0.6 is 11.8 Å². The minimum absolute atomic E-state index is 0.00439. The van der Waals surface area contributed by atoms with Gasteiger partial charge in [0.25, 0.3) is 0 Å². The van der Waals surface area contributed by atoms with Crippen LogP contribution in [-0.2, 0) is 16.1 Å². The highest BCUT2D eigenvalue weighted by Crippen LogP contribution is 2.27. The molecule has 0 saturated carbocycles. The summed E-state index contributed by atoms with van der Waals surface area (Å²) < 4.78 is 16.2. The molecule has 2 aromatic rings. The third-order valence-electron chi connectivity index (χ3n) is 4.78. The van der Waals surface area contributed by atoms with E-state index in [9.17, 15) is 14.0 Å². The predicted octanol–water partition coefficient (Wildman–Crippen LogP) is 2.52. The Kier molecular flexibility index (Phi) is 6.89. The first-order valence-electron chi connectivity index (χ1n) is 9.71. The maximum Gasteiger partial charge on any atom is 0.233 e. The molecule has 0 bridgehead atoms. The first-order chi connectivity index (χ1) is 13.9. The van der Waals surface area contributed by atoms with Crippen molar-refractivity contribution in [3.63, 3.8) is 0 Å². The van der Waals surface area contributed by atoms with Crippen LogP contribution in [0.25, 0.3) is 11.4 Å². The van der Waals surface area contributed by atoms with Crippen LogP contribution in [0.5, 0.6) is 0 Å². The molecular formula is C20H26FN5O2S. The number of hydrogen-bond acceptors (Lipinski definition) is 5. The Morgan fingerprint density at radius 2 is 1.76 bits per heavy atom. The Morgan fingerprint density at radius 1 is 1.10 bits per heavy atom.